The van der Waals surface area contributed by atoms with Crippen molar-refractivity contribution in [3.05, 3.63) is 47.1 Å². The predicted octanol–water partition coefficient (Wildman–Crippen LogP) is 2.24. The summed E-state index contributed by atoms with van der Waals surface area (Å²) in [6.07, 6.45) is -3.64. The van der Waals surface area contributed by atoms with Crippen LogP contribution in [0.2, 0.25) is 5.02 Å². The number of carbonyl (C=O) groups is 3. The zero-order valence-electron chi connectivity index (χ0n) is 18.5. The van der Waals surface area contributed by atoms with Crippen LogP contribution >= 0.6 is 11.6 Å². The van der Waals surface area contributed by atoms with Gasteiger partial charge in [-0.2, -0.15) is 13.2 Å². The molecule has 16 heteroatoms. The third-order valence-corrected chi connectivity index (χ3v) is 6.14. The topological polar surface area (TPSA) is 138 Å². The second kappa shape index (κ2) is 10.7. The quantitative estimate of drug-likeness (QED) is 0.554. The Hall–Kier alpha value is -3.43. The second-order valence-electron chi connectivity index (χ2n) is 7.46. The fraction of sp³-hybridized carbons (Fsp3) is 0.300. The van der Waals surface area contributed by atoms with Gasteiger partial charge in [-0.05, 0) is 30.3 Å². The second-order valence-corrected chi connectivity index (χ2v) is 9.91. The molecule has 0 aliphatic carbocycles. The molecule has 36 heavy (non-hydrogen) atoms. The standard InChI is InChI=1S/C20H19ClF3N5O6S/c1-36(33,34)13-3-4-15(27-19(32)28-8-6-25-7-9-28)14(10-13)17(30)29(35-18(31)20(22,23)24)16-5-2-12(21)11-26-16/h2-5,10-11,25H,6-9H2,1H3,(H,27,32). The largest absolute Gasteiger partial charge is 0.493 e. The number of alkyl halides is 3. The number of hydroxylamine groups is 1. The number of pyridine rings is 1. The number of nitrogens with zero attached hydrogens (tertiary/aromatic N) is 3. The highest BCUT2D eigenvalue weighted by atomic mass is 35.5. The van der Waals surface area contributed by atoms with Crippen molar-refractivity contribution in [1.29, 1.82) is 0 Å². The molecule has 0 unspecified atom stereocenters. The first-order valence-electron chi connectivity index (χ1n) is 10.1. The van der Waals surface area contributed by atoms with Crippen LogP contribution in [0.25, 0.3) is 0 Å². The molecule has 1 fully saturated rings. The van der Waals surface area contributed by atoms with Crippen LogP contribution in [0.4, 0.5) is 29.5 Å². The summed E-state index contributed by atoms with van der Waals surface area (Å²) < 4.78 is 63.0. The Bertz CT molecular complexity index is 1270. The summed E-state index contributed by atoms with van der Waals surface area (Å²) in [5.41, 5.74) is -0.814. The monoisotopic (exact) mass is 549 g/mol. The van der Waals surface area contributed by atoms with E-state index >= 15 is 0 Å². The molecule has 1 aliphatic rings. The van der Waals surface area contributed by atoms with Crippen LogP contribution in [-0.2, 0) is 19.5 Å². The molecule has 0 bridgehead atoms. The number of sulfone groups is 1. The van der Waals surface area contributed by atoms with Crippen LogP contribution in [-0.4, -0.2) is 74.8 Å². The molecule has 2 N–H and O–H groups in total. The molecule has 1 aromatic heterocycles. The Kier molecular flexibility index (Phi) is 8.05. The third kappa shape index (κ3) is 6.61. The van der Waals surface area contributed by atoms with Crippen molar-refractivity contribution in [2.24, 2.45) is 0 Å². The Balaban J connectivity index is 2.07. The average Bonchev–Trinajstić information content (AvgIpc) is 2.82. The molecule has 11 nitrogen and oxygen atoms in total. The highest BCUT2D eigenvalue weighted by Gasteiger charge is 2.44. The highest BCUT2D eigenvalue weighted by Crippen LogP contribution is 2.27. The first-order chi connectivity index (χ1) is 16.8. The minimum absolute atomic E-state index is 0.0615. The molecule has 1 saturated heterocycles. The first-order valence-corrected chi connectivity index (χ1v) is 12.4. The number of benzene rings is 1. The maximum Gasteiger partial charge on any atom is 0.493 e. The fourth-order valence-electron chi connectivity index (χ4n) is 3.03. The fourth-order valence-corrected chi connectivity index (χ4v) is 3.79. The molecule has 0 saturated carbocycles. The summed E-state index contributed by atoms with van der Waals surface area (Å²) in [6.45, 7) is 1.69. The molecule has 2 heterocycles. The van der Waals surface area contributed by atoms with Crippen molar-refractivity contribution in [1.82, 2.24) is 15.2 Å². The molecule has 3 amide bonds. The van der Waals surface area contributed by atoms with Gasteiger partial charge in [0.1, 0.15) is 0 Å². The summed E-state index contributed by atoms with van der Waals surface area (Å²) in [5, 5.41) is 5.50. The van der Waals surface area contributed by atoms with Gasteiger partial charge in [-0.25, -0.2) is 23.0 Å². The minimum Gasteiger partial charge on any atom is -0.323 e. The zero-order chi connectivity index (χ0) is 26.7. The van der Waals surface area contributed by atoms with Crippen LogP contribution in [0.5, 0.6) is 0 Å². The Morgan fingerprint density at radius 1 is 1.17 bits per heavy atom. The molecular weight excluding hydrogens is 531 g/mol. The summed E-state index contributed by atoms with van der Waals surface area (Å²) in [7, 11) is -3.89. The van der Waals surface area contributed by atoms with Crippen molar-refractivity contribution in [3.8, 4) is 0 Å². The maximum absolute atomic E-state index is 13.4. The summed E-state index contributed by atoms with van der Waals surface area (Å²) in [4.78, 5) is 46.7. The maximum atomic E-state index is 13.4. The molecule has 2 aromatic rings. The number of piperazine rings is 1. The summed E-state index contributed by atoms with van der Waals surface area (Å²) in [6, 6.07) is 4.58. The smallest absolute Gasteiger partial charge is 0.323 e. The summed E-state index contributed by atoms with van der Waals surface area (Å²) >= 11 is 5.74. The number of carbonyl (C=O) groups excluding carboxylic acids is 3. The van der Waals surface area contributed by atoms with E-state index in [0.29, 0.717) is 26.2 Å². The van der Waals surface area contributed by atoms with Gasteiger partial charge in [-0.15, -0.1) is 5.06 Å². The molecule has 0 spiro atoms. The number of rotatable bonds is 4. The van der Waals surface area contributed by atoms with Gasteiger partial charge < -0.3 is 20.4 Å². The molecular formula is C20H19ClF3N5O6S. The van der Waals surface area contributed by atoms with Crippen LogP contribution < -0.4 is 15.7 Å². The lowest BCUT2D eigenvalue weighted by molar-refractivity contribution is -0.200. The van der Waals surface area contributed by atoms with Crippen molar-refractivity contribution in [3.63, 3.8) is 0 Å². The van der Waals surface area contributed by atoms with E-state index in [0.717, 1.165) is 36.7 Å². The lowest BCUT2D eigenvalue weighted by Gasteiger charge is -2.28. The van der Waals surface area contributed by atoms with E-state index in [4.69, 9.17) is 11.6 Å². The predicted molar refractivity (Wildman–Crippen MR) is 121 cm³/mol. The number of halogens is 4. The number of hydrogen-bond acceptors (Lipinski definition) is 8. The van der Waals surface area contributed by atoms with Gasteiger partial charge in [0, 0.05) is 38.6 Å². The van der Waals surface area contributed by atoms with Gasteiger partial charge >= 0.3 is 18.2 Å². The van der Waals surface area contributed by atoms with Crippen LogP contribution in [0, 0.1) is 0 Å². The molecule has 1 aromatic carbocycles. The number of urea groups is 1. The van der Waals surface area contributed by atoms with E-state index in [2.05, 4.69) is 20.5 Å². The van der Waals surface area contributed by atoms with Gasteiger partial charge in [0.25, 0.3) is 5.91 Å². The van der Waals surface area contributed by atoms with Crippen LogP contribution in [0.3, 0.4) is 0 Å². The SMILES string of the molecule is CS(=O)(=O)c1ccc(NC(=O)N2CCNCC2)c(C(=O)N(OC(=O)C(F)(F)F)c2ccc(Cl)cn2)c1. The molecule has 0 atom stereocenters. The minimum atomic E-state index is -5.47. The summed E-state index contributed by atoms with van der Waals surface area (Å²) in [5.74, 6) is -4.71. The Morgan fingerprint density at radius 3 is 2.39 bits per heavy atom. The Morgan fingerprint density at radius 2 is 1.83 bits per heavy atom. The normalized spacial score (nSPS) is 14.2. The number of aromatic nitrogens is 1. The van der Waals surface area contributed by atoms with Gasteiger partial charge in [-0.3, -0.25) is 4.79 Å². The molecule has 1 aliphatic heterocycles. The van der Waals surface area contributed by atoms with Crippen molar-refractivity contribution < 1.29 is 40.8 Å². The van der Waals surface area contributed by atoms with Gasteiger partial charge in [-0.1, -0.05) is 11.6 Å². The van der Waals surface area contributed by atoms with Crippen molar-refractivity contribution >= 4 is 50.9 Å². The number of anilines is 2. The third-order valence-electron chi connectivity index (χ3n) is 4.81. The molecule has 194 valence electrons. The van der Waals surface area contributed by atoms with E-state index in [9.17, 15) is 36.0 Å². The first kappa shape index (κ1) is 27.2. The van der Waals surface area contributed by atoms with Crippen molar-refractivity contribution in [2.45, 2.75) is 11.1 Å². The van der Waals surface area contributed by atoms with Crippen LogP contribution in [0.15, 0.2) is 41.4 Å². The van der Waals surface area contributed by atoms with Gasteiger partial charge in [0.15, 0.2) is 15.7 Å². The lowest BCUT2D eigenvalue weighted by atomic mass is 10.1. The highest BCUT2D eigenvalue weighted by molar-refractivity contribution is 7.90. The van der Waals surface area contributed by atoms with Gasteiger partial charge in [0.05, 0.1) is 21.2 Å². The van der Waals surface area contributed by atoms with E-state index in [1.807, 2.05) is 0 Å². The van der Waals surface area contributed by atoms with E-state index < -0.39 is 45.3 Å². The zero-order valence-corrected chi connectivity index (χ0v) is 20.1. The van der Waals surface area contributed by atoms with Crippen molar-refractivity contribution in [2.75, 3.05) is 42.8 Å². The Labute approximate surface area is 208 Å². The lowest BCUT2D eigenvalue weighted by Crippen LogP contribution is -2.48. The van der Waals surface area contributed by atoms with E-state index in [-0.39, 0.29) is 20.7 Å². The molecule has 0 radical (unpaired) electrons. The number of hydrogen-bond donors (Lipinski definition) is 2. The van der Waals surface area contributed by atoms with Crippen LogP contribution in [0.1, 0.15) is 10.4 Å². The van der Waals surface area contributed by atoms with Gasteiger partial charge in [0.2, 0.25) is 0 Å². The number of nitrogens with one attached hydrogen (secondary N) is 2. The molecule has 3 rings (SSSR count). The number of amides is 3. The van der Waals surface area contributed by atoms with E-state index in [1.165, 1.54) is 11.0 Å². The average molecular weight is 550 g/mol. The van der Waals surface area contributed by atoms with E-state index in [1.54, 1.807) is 0 Å².